The Balaban J connectivity index is 2.06. The highest BCUT2D eigenvalue weighted by Gasteiger charge is 2.28. The van der Waals surface area contributed by atoms with Crippen molar-refractivity contribution in [2.24, 2.45) is 0 Å². The molecule has 1 aromatic rings. The zero-order valence-electron chi connectivity index (χ0n) is 10.7. The normalized spacial score (nSPS) is 27.1. The molecule has 0 bridgehead atoms. The second kappa shape index (κ2) is 5.61. The number of ether oxygens (including phenoxy) is 2. The van der Waals surface area contributed by atoms with E-state index in [-0.39, 0.29) is 18.3 Å². The van der Waals surface area contributed by atoms with Crippen molar-refractivity contribution in [3.8, 4) is 0 Å². The molecule has 2 unspecified atom stereocenters. The maximum atomic E-state index is 13.4. The van der Waals surface area contributed by atoms with Gasteiger partial charge in [0.05, 0.1) is 12.2 Å². The van der Waals surface area contributed by atoms with E-state index in [2.05, 4.69) is 4.98 Å². The summed E-state index contributed by atoms with van der Waals surface area (Å²) < 4.78 is 37.0. The maximum absolute atomic E-state index is 13.4. The van der Waals surface area contributed by atoms with Crippen LogP contribution < -0.4 is 0 Å². The van der Waals surface area contributed by atoms with E-state index in [1.165, 1.54) is 0 Å². The maximum Gasteiger partial charge on any atom is 0.341 e. The van der Waals surface area contributed by atoms with Crippen molar-refractivity contribution in [3.05, 3.63) is 29.6 Å². The van der Waals surface area contributed by atoms with E-state index in [9.17, 15) is 13.6 Å². The van der Waals surface area contributed by atoms with Crippen LogP contribution in [-0.4, -0.2) is 29.3 Å². The van der Waals surface area contributed by atoms with Crippen molar-refractivity contribution < 1.29 is 23.0 Å². The van der Waals surface area contributed by atoms with Gasteiger partial charge in [-0.05, 0) is 19.9 Å². The fourth-order valence-electron chi connectivity index (χ4n) is 2.23. The first-order valence-corrected chi connectivity index (χ1v) is 6.13. The Labute approximate surface area is 109 Å². The molecule has 104 valence electrons. The van der Waals surface area contributed by atoms with Crippen LogP contribution in [0.3, 0.4) is 0 Å². The van der Waals surface area contributed by atoms with Gasteiger partial charge in [-0.15, -0.1) is 0 Å². The van der Waals surface area contributed by atoms with E-state index in [0.717, 1.165) is 12.3 Å². The number of hydrogen-bond acceptors (Lipinski definition) is 4. The molecule has 1 fully saturated rings. The summed E-state index contributed by atoms with van der Waals surface area (Å²) in [5.74, 6) is -3.45. The Morgan fingerprint density at radius 3 is 2.63 bits per heavy atom. The molecular weight excluding hydrogens is 256 g/mol. The van der Waals surface area contributed by atoms with Crippen LogP contribution in [0.25, 0.3) is 0 Å². The molecule has 1 aliphatic heterocycles. The summed E-state index contributed by atoms with van der Waals surface area (Å²) in [6, 6.07) is 1.10. The monoisotopic (exact) mass is 271 g/mol. The van der Waals surface area contributed by atoms with Crippen LogP contribution in [-0.2, 0) is 9.47 Å². The number of carbonyl (C=O) groups excluding carboxylic acids is 1. The second-order valence-corrected chi connectivity index (χ2v) is 4.72. The minimum Gasteiger partial charge on any atom is -0.458 e. The summed E-state index contributed by atoms with van der Waals surface area (Å²) in [6.45, 7) is 3.76. The summed E-state index contributed by atoms with van der Waals surface area (Å²) in [6.07, 6.45) is 1.73. The lowest BCUT2D eigenvalue weighted by Gasteiger charge is -2.31. The van der Waals surface area contributed by atoms with Crippen molar-refractivity contribution in [1.82, 2.24) is 4.98 Å². The molecular formula is C13H15F2NO3. The molecule has 2 heterocycles. The molecule has 0 aromatic carbocycles. The molecule has 6 heteroatoms. The molecule has 4 nitrogen and oxygen atoms in total. The number of carbonyl (C=O) groups is 1. The third-order valence-corrected chi connectivity index (χ3v) is 2.99. The summed E-state index contributed by atoms with van der Waals surface area (Å²) in [5.41, 5.74) is -0.431. The topological polar surface area (TPSA) is 48.4 Å². The molecule has 0 radical (unpaired) electrons. The van der Waals surface area contributed by atoms with Gasteiger partial charge in [-0.25, -0.2) is 14.2 Å². The summed E-state index contributed by atoms with van der Waals surface area (Å²) in [4.78, 5) is 14.9. The van der Waals surface area contributed by atoms with Crippen LogP contribution in [0.2, 0.25) is 0 Å². The fraction of sp³-hybridized carbons (Fsp3) is 0.538. The van der Waals surface area contributed by atoms with Gasteiger partial charge in [-0.3, -0.25) is 0 Å². The average molecular weight is 271 g/mol. The number of rotatable bonds is 2. The highest BCUT2D eigenvalue weighted by molar-refractivity contribution is 5.89. The molecule has 2 rings (SSSR count). The van der Waals surface area contributed by atoms with Crippen LogP contribution >= 0.6 is 0 Å². The molecule has 1 saturated heterocycles. The second-order valence-electron chi connectivity index (χ2n) is 4.72. The minimum absolute atomic E-state index is 0.0272. The van der Waals surface area contributed by atoms with Gasteiger partial charge in [0, 0.05) is 19.0 Å². The molecule has 2 atom stereocenters. The van der Waals surface area contributed by atoms with E-state index >= 15 is 0 Å². The number of aromatic nitrogens is 1. The van der Waals surface area contributed by atoms with Gasteiger partial charge in [0.15, 0.2) is 5.82 Å². The summed E-state index contributed by atoms with van der Waals surface area (Å²) >= 11 is 0. The highest BCUT2D eigenvalue weighted by Crippen LogP contribution is 2.23. The van der Waals surface area contributed by atoms with Gasteiger partial charge in [-0.1, -0.05) is 0 Å². The quantitative estimate of drug-likeness (QED) is 0.612. The van der Waals surface area contributed by atoms with E-state index in [4.69, 9.17) is 9.47 Å². The Morgan fingerprint density at radius 1 is 1.37 bits per heavy atom. The van der Waals surface area contributed by atoms with E-state index < -0.39 is 23.3 Å². The first kappa shape index (κ1) is 13.9. The SMILES string of the molecule is CC1CC(OC(=O)c2ccnc(F)c2F)CC(C)O1. The van der Waals surface area contributed by atoms with Crippen LogP contribution in [0.4, 0.5) is 8.78 Å². The van der Waals surface area contributed by atoms with Crippen molar-refractivity contribution in [1.29, 1.82) is 0 Å². The molecule has 1 aromatic heterocycles. The van der Waals surface area contributed by atoms with E-state index in [1.54, 1.807) is 0 Å². The number of pyridine rings is 1. The molecule has 0 aliphatic carbocycles. The molecule has 0 amide bonds. The smallest absolute Gasteiger partial charge is 0.341 e. The first-order valence-electron chi connectivity index (χ1n) is 6.13. The van der Waals surface area contributed by atoms with Gasteiger partial charge in [0.25, 0.3) is 0 Å². The van der Waals surface area contributed by atoms with Crippen LogP contribution in [0.1, 0.15) is 37.0 Å². The van der Waals surface area contributed by atoms with Crippen LogP contribution in [0.5, 0.6) is 0 Å². The van der Waals surface area contributed by atoms with Gasteiger partial charge in [0.2, 0.25) is 5.95 Å². The van der Waals surface area contributed by atoms with E-state index in [0.29, 0.717) is 12.8 Å². The Kier molecular flexibility index (Phi) is 4.09. The van der Waals surface area contributed by atoms with Gasteiger partial charge < -0.3 is 9.47 Å². The predicted molar refractivity (Wildman–Crippen MR) is 62.6 cm³/mol. The zero-order valence-corrected chi connectivity index (χ0v) is 10.7. The minimum atomic E-state index is -1.30. The highest BCUT2D eigenvalue weighted by atomic mass is 19.2. The molecule has 0 spiro atoms. The Hall–Kier alpha value is -1.56. The lowest BCUT2D eigenvalue weighted by Crippen LogP contribution is -2.35. The van der Waals surface area contributed by atoms with Crippen LogP contribution in [0, 0.1) is 11.8 Å². The van der Waals surface area contributed by atoms with Crippen molar-refractivity contribution in [3.63, 3.8) is 0 Å². The standard InChI is InChI=1S/C13H15F2NO3/c1-7-5-9(6-8(2)18-7)19-13(17)10-3-4-16-12(15)11(10)14/h3-4,7-9H,5-6H2,1-2H3. The number of hydrogen-bond donors (Lipinski definition) is 0. The number of nitrogens with zero attached hydrogens (tertiary/aromatic N) is 1. The zero-order chi connectivity index (χ0) is 14.0. The van der Waals surface area contributed by atoms with Crippen molar-refractivity contribution in [2.45, 2.75) is 45.0 Å². The van der Waals surface area contributed by atoms with Crippen LogP contribution in [0.15, 0.2) is 12.3 Å². The summed E-state index contributed by atoms with van der Waals surface area (Å²) in [5, 5.41) is 0. The van der Waals surface area contributed by atoms with Crippen molar-refractivity contribution >= 4 is 5.97 Å². The van der Waals surface area contributed by atoms with Gasteiger partial charge >= 0.3 is 5.97 Å². The lowest BCUT2D eigenvalue weighted by atomic mass is 10.0. The predicted octanol–water partition coefficient (Wildman–Crippen LogP) is 2.47. The fourth-order valence-corrected chi connectivity index (χ4v) is 2.23. The molecule has 19 heavy (non-hydrogen) atoms. The molecule has 1 aliphatic rings. The Bertz CT molecular complexity index is 471. The third-order valence-electron chi connectivity index (χ3n) is 2.99. The largest absolute Gasteiger partial charge is 0.458 e. The Morgan fingerprint density at radius 2 is 2.00 bits per heavy atom. The lowest BCUT2D eigenvalue weighted by molar-refractivity contribution is -0.0856. The van der Waals surface area contributed by atoms with Gasteiger partial charge in [0.1, 0.15) is 11.7 Å². The number of esters is 1. The average Bonchev–Trinajstić information content (AvgIpc) is 2.31. The first-order chi connectivity index (χ1) is 8.97. The molecule has 0 saturated carbocycles. The number of halogens is 2. The summed E-state index contributed by atoms with van der Waals surface area (Å²) in [7, 11) is 0. The van der Waals surface area contributed by atoms with Crippen molar-refractivity contribution in [2.75, 3.05) is 0 Å². The molecule has 0 N–H and O–H groups in total. The van der Waals surface area contributed by atoms with E-state index in [1.807, 2.05) is 13.8 Å². The van der Waals surface area contributed by atoms with Gasteiger partial charge in [-0.2, -0.15) is 4.39 Å². The third kappa shape index (κ3) is 3.26.